The van der Waals surface area contributed by atoms with Gasteiger partial charge in [-0.15, -0.1) is 0 Å². The molecule has 3 nitrogen and oxygen atoms in total. The van der Waals surface area contributed by atoms with Crippen LogP contribution in [0.5, 0.6) is 11.5 Å². The number of ether oxygens (including phenoxy) is 2. The first kappa shape index (κ1) is 17.2. The molecule has 23 heavy (non-hydrogen) atoms. The number of hydrogen-bond donors (Lipinski definition) is 1. The fraction of sp³-hybridized carbons (Fsp3) is 0.400. The largest absolute Gasteiger partial charge is 0.494 e. The Kier molecular flexibility index (Phi) is 6.79. The molecule has 2 aromatic rings. The van der Waals surface area contributed by atoms with E-state index in [1.165, 1.54) is 5.56 Å². The maximum Gasteiger partial charge on any atom is 0.119 e. The smallest absolute Gasteiger partial charge is 0.119 e. The SMILES string of the molecule is CCCOc1ccc(NCCOc2ccc(C(C)C)cc2)cc1. The van der Waals surface area contributed by atoms with Crippen LogP contribution in [0.2, 0.25) is 0 Å². The molecule has 0 radical (unpaired) electrons. The summed E-state index contributed by atoms with van der Waals surface area (Å²) in [5.74, 6) is 2.38. The van der Waals surface area contributed by atoms with Gasteiger partial charge < -0.3 is 14.8 Å². The molecule has 3 heteroatoms. The molecular weight excluding hydrogens is 286 g/mol. The highest BCUT2D eigenvalue weighted by atomic mass is 16.5. The van der Waals surface area contributed by atoms with E-state index < -0.39 is 0 Å². The van der Waals surface area contributed by atoms with E-state index in [1.54, 1.807) is 0 Å². The first-order chi connectivity index (χ1) is 11.2. The molecule has 0 saturated carbocycles. The van der Waals surface area contributed by atoms with Gasteiger partial charge >= 0.3 is 0 Å². The lowest BCUT2D eigenvalue weighted by Gasteiger charge is -2.11. The summed E-state index contributed by atoms with van der Waals surface area (Å²) in [4.78, 5) is 0. The van der Waals surface area contributed by atoms with E-state index in [1.807, 2.05) is 36.4 Å². The molecule has 0 aliphatic rings. The monoisotopic (exact) mass is 313 g/mol. The lowest BCUT2D eigenvalue weighted by molar-refractivity contribution is 0.317. The van der Waals surface area contributed by atoms with Crippen LogP contribution >= 0.6 is 0 Å². The Morgan fingerprint density at radius 3 is 1.96 bits per heavy atom. The molecule has 0 amide bonds. The summed E-state index contributed by atoms with van der Waals surface area (Å²) in [7, 11) is 0. The second-order valence-electron chi connectivity index (χ2n) is 5.87. The van der Waals surface area contributed by atoms with Crippen molar-refractivity contribution in [1.29, 1.82) is 0 Å². The van der Waals surface area contributed by atoms with Crippen LogP contribution in [0.3, 0.4) is 0 Å². The first-order valence-corrected chi connectivity index (χ1v) is 8.38. The van der Waals surface area contributed by atoms with E-state index in [0.29, 0.717) is 12.5 Å². The zero-order valence-electron chi connectivity index (χ0n) is 14.3. The average molecular weight is 313 g/mol. The lowest BCUT2D eigenvalue weighted by Crippen LogP contribution is -2.11. The van der Waals surface area contributed by atoms with Gasteiger partial charge in [0, 0.05) is 12.2 Å². The molecule has 2 rings (SSSR count). The van der Waals surface area contributed by atoms with Crippen LogP contribution in [0.1, 0.15) is 38.7 Å². The first-order valence-electron chi connectivity index (χ1n) is 8.38. The van der Waals surface area contributed by atoms with E-state index >= 15 is 0 Å². The maximum absolute atomic E-state index is 5.75. The number of nitrogens with one attached hydrogen (secondary N) is 1. The maximum atomic E-state index is 5.75. The van der Waals surface area contributed by atoms with Gasteiger partial charge in [-0.25, -0.2) is 0 Å². The molecule has 0 aliphatic carbocycles. The molecule has 0 saturated heterocycles. The van der Waals surface area contributed by atoms with E-state index in [2.05, 4.69) is 38.2 Å². The molecular formula is C20H27NO2. The Bertz CT molecular complexity index is 561. The molecule has 124 valence electrons. The van der Waals surface area contributed by atoms with Gasteiger partial charge in [0.25, 0.3) is 0 Å². The van der Waals surface area contributed by atoms with Crippen LogP contribution < -0.4 is 14.8 Å². The van der Waals surface area contributed by atoms with E-state index in [9.17, 15) is 0 Å². The van der Waals surface area contributed by atoms with Crippen molar-refractivity contribution in [3.05, 3.63) is 54.1 Å². The van der Waals surface area contributed by atoms with Gasteiger partial charge in [-0.3, -0.25) is 0 Å². The zero-order chi connectivity index (χ0) is 16.5. The predicted molar refractivity (Wildman–Crippen MR) is 96.7 cm³/mol. The number of hydrogen-bond acceptors (Lipinski definition) is 3. The van der Waals surface area contributed by atoms with Crippen molar-refractivity contribution in [1.82, 2.24) is 0 Å². The minimum atomic E-state index is 0.551. The number of rotatable bonds is 9. The van der Waals surface area contributed by atoms with Crippen molar-refractivity contribution in [3.63, 3.8) is 0 Å². The van der Waals surface area contributed by atoms with Gasteiger partial charge in [0.2, 0.25) is 0 Å². The van der Waals surface area contributed by atoms with Crippen LogP contribution in [0.25, 0.3) is 0 Å². The third-order valence-electron chi connectivity index (χ3n) is 3.57. The highest BCUT2D eigenvalue weighted by Crippen LogP contribution is 2.19. The summed E-state index contributed by atoms with van der Waals surface area (Å²) in [5.41, 5.74) is 2.41. The van der Waals surface area contributed by atoms with E-state index in [4.69, 9.17) is 9.47 Å². The van der Waals surface area contributed by atoms with Gasteiger partial charge in [-0.1, -0.05) is 32.9 Å². The van der Waals surface area contributed by atoms with E-state index in [0.717, 1.165) is 36.8 Å². The van der Waals surface area contributed by atoms with Crippen LogP contribution in [0, 0.1) is 0 Å². The topological polar surface area (TPSA) is 30.5 Å². The average Bonchev–Trinajstić information content (AvgIpc) is 2.58. The van der Waals surface area contributed by atoms with Crippen LogP contribution in [-0.4, -0.2) is 19.8 Å². The summed E-state index contributed by atoms with van der Waals surface area (Å²) in [5, 5.41) is 3.35. The highest BCUT2D eigenvalue weighted by Gasteiger charge is 2.00. The molecule has 0 atom stereocenters. The van der Waals surface area contributed by atoms with Crippen molar-refractivity contribution in [2.75, 3.05) is 25.1 Å². The van der Waals surface area contributed by atoms with Gasteiger partial charge in [-0.05, 0) is 54.3 Å². The fourth-order valence-corrected chi connectivity index (χ4v) is 2.20. The second kappa shape index (κ2) is 9.09. The van der Waals surface area contributed by atoms with Crippen LogP contribution in [0.15, 0.2) is 48.5 Å². The minimum Gasteiger partial charge on any atom is -0.494 e. The Morgan fingerprint density at radius 2 is 1.39 bits per heavy atom. The predicted octanol–water partition coefficient (Wildman–Crippen LogP) is 5.09. The van der Waals surface area contributed by atoms with Gasteiger partial charge in [0.1, 0.15) is 18.1 Å². The zero-order valence-corrected chi connectivity index (χ0v) is 14.3. The van der Waals surface area contributed by atoms with Crippen molar-refractivity contribution in [2.45, 2.75) is 33.1 Å². The number of benzene rings is 2. The molecule has 0 aromatic heterocycles. The molecule has 0 fully saturated rings. The van der Waals surface area contributed by atoms with Crippen molar-refractivity contribution in [3.8, 4) is 11.5 Å². The Labute approximate surface area is 139 Å². The molecule has 0 aliphatic heterocycles. The van der Waals surface area contributed by atoms with Crippen molar-refractivity contribution >= 4 is 5.69 Å². The summed E-state index contributed by atoms with van der Waals surface area (Å²) in [6, 6.07) is 16.4. The standard InChI is InChI=1S/C20H27NO2/c1-4-14-22-20-11-7-18(8-12-20)21-13-15-23-19-9-5-17(6-10-19)16(2)3/h5-12,16,21H,4,13-15H2,1-3H3. The Morgan fingerprint density at radius 1 is 0.826 bits per heavy atom. The van der Waals surface area contributed by atoms with Crippen molar-refractivity contribution in [2.24, 2.45) is 0 Å². The summed E-state index contributed by atoms with van der Waals surface area (Å²) >= 11 is 0. The van der Waals surface area contributed by atoms with Crippen LogP contribution in [0.4, 0.5) is 5.69 Å². The summed E-state index contributed by atoms with van der Waals surface area (Å²) in [6.07, 6.45) is 1.02. The minimum absolute atomic E-state index is 0.551. The molecule has 0 unspecified atom stereocenters. The molecule has 0 spiro atoms. The molecule has 2 aromatic carbocycles. The fourth-order valence-electron chi connectivity index (χ4n) is 2.20. The van der Waals surface area contributed by atoms with Gasteiger partial charge in [0.15, 0.2) is 0 Å². The van der Waals surface area contributed by atoms with Crippen molar-refractivity contribution < 1.29 is 9.47 Å². The molecule has 0 bridgehead atoms. The third-order valence-corrected chi connectivity index (χ3v) is 3.57. The Balaban J connectivity index is 1.70. The Hall–Kier alpha value is -2.16. The normalized spacial score (nSPS) is 10.6. The van der Waals surface area contributed by atoms with Crippen LogP contribution in [-0.2, 0) is 0 Å². The second-order valence-corrected chi connectivity index (χ2v) is 5.87. The summed E-state index contributed by atoms with van der Waals surface area (Å²) in [6.45, 7) is 8.65. The molecule has 0 heterocycles. The van der Waals surface area contributed by atoms with Gasteiger partial charge in [0.05, 0.1) is 6.61 Å². The highest BCUT2D eigenvalue weighted by molar-refractivity contribution is 5.46. The third kappa shape index (κ3) is 5.85. The molecule has 1 N–H and O–H groups in total. The quantitative estimate of drug-likeness (QED) is 0.654. The van der Waals surface area contributed by atoms with E-state index in [-0.39, 0.29) is 0 Å². The van der Waals surface area contributed by atoms with Gasteiger partial charge in [-0.2, -0.15) is 0 Å². The summed E-state index contributed by atoms with van der Waals surface area (Å²) < 4.78 is 11.3. The lowest BCUT2D eigenvalue weighted by atomic mass is 10.0. The number of anilines is 1.